The molecular formula is C18H25N3O5. The van der Waals surface area contributed by atoms with Gasteiger partial charge in [-0.25, -0.2) is 9.59 Å². The molecule has 2 rings (SSSR count). The average Bonchev–Trinajstić information content (AvgIpc) is 2.66. The molecule has 8 nitrogen and oxygen atoms in total. The summed E-state index contributed by atoms with van der Waals surface area (Å²) in [7, 11) is 1.31. The number of hydrogen-bond donors (Lipinski definition) is 2. The van der Waals surface area contributed by atoms with E-state index in [-0.39, 0.29) is 24.6 Å². The van der Waals surface area contributed by atoms with Gasteiger partial charge in [0.15, 0.2) is 0 Å². The van der Waals surface area contributed by atoms with Crippen LogP contribution in [0.25, 0.3) is 0 Å². The van der Waals surface area contributed by atoms with Gasteiger partial charge in [0.05, 0.1) is 25.8 Å². The van der Waals surface area contributed by atoms with E-state index in [2.05, 4.69) is 10.6 Å². The summed E-state index contributed by atoms with van der Waals surface area (Å²) in [5.74, 6) is -0.626. The number of rotatable bonds is 6. The van der Waals surface area contributed by atoms with Crippen molar-refractivity contribution in [2.45, 2.75) is 25.8 Å². The second kappa shape index (κ2) is 9.65. The number of hydrogen-bond acceptors (Lipinski definition) is 6. The highest BCUT2D eigenvalue weighted by Crippen LogP contribution is 2.16. The third-order valence-corrected chi connectivity index (χ3v) is 4.16. The summed E-state index contributed by atoms with van der Waals surface area (Å²) in [4.78, 5) is 37.2. The van der Waals surface area contributed by atoms with Gasteiger partial charge in [-0.2, -0.15) is 0 Å². The minimum absolute atomic E-state index is 0.0193. The summed E-state index contributed by atoms with van der Waals surface area (Å²) in [6.45, 7) is 3.29. The first kappa shape index (κ1) is 19.6. The van der Waals surface area contributed by atoms with E-state index in [1.807, 2.05) is 0 Å². The van der Waals surface area contributed by atoms with Crippen LogP contribution in [0, 0.1) is 0 Å². The molecule has 0 spiro atoms. The Morgan fingerprint density at radius 2 is 1.88 bits per heavy atom. The second-order valence-corrected chi connectivity index (χ2v) is 5.92. The Kier molecular flexibility index (Phi) is 7.25. The van der Waals surface area contributed by atoms with E-state index in [1.54, 1.807) is 36.1 Å². The van der Waals surface area contributed by atoms with Gasteiger partial charge in [-0.1, -0.05) is 12.1 Å². The van der Waals surface area contributed by atoms with Crippen LogP contribution < -0.4 is 10.6 Å². The number of methoxy groups -OCH3 is 1. The fourth-order valence-electron chi connectivity index (χ4n) is 2.80. The lowest BCUT2D eigenvalue weighted by Crippen LogP contribution is -2.47. The quantitative estimate of drug-likeness (QED) is 0.746. The number of nitrogens with zero attached hydrogens (tertiary/aromatic N) is 1. The first-order valence-corrected chi connectivity index (χ1v) is 8.67. The summed E-state index contributed by atoms with van der Waals surface area (Å²) in [5, 5.41) is 5.91. The summed E-state index contributed by atoms with van der Waals surface area (Å²) < 4.78 is 9.71. The van der Waals surface area contributed by atoms with Crippen molar-refractivity contribution in [1.29, 1.82) is 0 Å². The normalized spacial score (nSPS) is 14.5. The molecule has 0 atom stereocenters. The number of benzene rings is 1. The highest BCUT2D eigenvalue weighted by atomic mass is 16.6. The SMILES string of the molecule is CCOC(=O)N1CCC(NC(=O)CNc2ccccc2C(=O)OC)CC1. The molecule has 0 radical (unpaired) electrons. The Balaban J connectivity index is 1.78. The summed E-state index contributed by atoms with van der Waals surface area (Å²) in [6, 6.07) is 6.88. The molecule has 1 aliphatic rings. The van der Waals surface area contributed by atoms with Gasteiger partial charge in [0.1, 0.15) is 0 Å². The fraction of sp³-hybridized carbons (Fsp3) is 0.500. The van der Waals surface area contributed by atoms with Crippen molar-refractivity contribution < 1.29 is 23.9 Å². The Labute approximate surface area is 152 Å². The van der Waals surface area contributed by atoms with Crippen molar-refractivity contribution in [3.8, 4) is 0 Å². The molecular weight excluding hydrogens is 338 g/mol. The van der Waals surface area contributed by atoms with Crippen molar-refractivity contribution in [2.75, 3.05) is 38.7 Å². The Morgan fingerprint density at radius 3 is 2.54 bits per heavy atom. The minimum atomic E-state index is -0.458. The van der Waals surface area contributed by atoms with E-state index in [0.717, 1.165) is 0 Å². The van der Waals surface area contributed by atoms with Gasteiger partial charge in [-0.3, -0.25) is 4.79 Å². The van der Waals surface area contributed by atoms with E-state index >= 15 is 0 Å². The number of anilines is 1. The van der Waals surface area contributed by atoms with Crippen LogP contribution in [0.1, 0.15) is 30.1 Å². The lowest BCUT2D eigenvalue weighted by atomic mass is 10.1. The first-order valence-electron chi connectivity index (χ1n) is 8.67. The van der Waals surface area contributed by atoms with Gasteiger partial charge in [0, 0.05) is 24.8 Å². The number of nitrogens with one attached hydrogen (secondary N) is 2. The molecule has 0 aliphatic carbocycles. The zero-order chi connectivity index (χ0) is 18.9. The molecule has 1 fully saturated rings. The van der Waals surface area contributed by atoms with Gasteiger partial charge in [0.25, 0.3) is 0 Å². The molecule has 26 heavy (non-hydrogen) atoms. The molecule has 1 saturated heterocycles. The number of carbonyl (C=O) groups is 3. The first-order chi connectivity index (χ1) is 12.5. The van der Waals surface area contributed by atoms with Crippen LogP contribution in [0.4, 0.5) is 10.5 Å². The third kappa shape index (κ3) is 5.37. The Morgan fingerprint density at radius 1 is 1.19 bits per heavy atom. The predicted molar refractivity (Wildman–Crippen MR) is 96.0 cm³/mol. The number of esters is 1. The van der Waals surface area contributed by atoms with Crippen LogP contribution >= 0.6 is 0 Å². The zero-order valence-electron chi connectivity index (χ0n) is 15.1. The molecule has 0 saturated carbocycles. The van der Waals surface area contributed by atoms with Crippen molar-refractivity contribution in [1.82, 2.24) is 10.2 Å². The highest BCUT2D eigenvalue weighted by molar-refractivity contribution is 5.96. The van der Waals surface area contributed by atoms with E-state index in [4.69, 9.17) is 9.47 Å². The number of piperidine rings is 1. The van der Waals surface area contributed by atoms with Gasteiger partial charge in [-0.15, -0.1) is 0 Å². The zero-order valence-corrected chi connectivity index (χ0v) is 15.1. The second-order valence-electron chi connectivity index (χ2n) is 5.92. The maximum absolute atomic E-state index is 12.2. The maximum atomic E-state index is 12.2. The van der Waals surface area contributed by atoms with Gasteiger partial charge < -0.3 is 25.0 Å². The summed E-state index contributed by atoms with van der Waals surface area (Å²) in [5.41, 5.74) is 0.928. The molecule has 8 heteroatoms. The standard InChI is InChI=1S/C18H25N3O5/c1-3-26-18(24)21-10-8-13(9-11-21)20-16(22)12-19-15-7-5-4-6-14(15)17(23)25-2/h4-7,13,19H,3,8-12H2,1-2H3,(H,20,22). The van der Waals surface area contributed by atoms with Crippen molar-refractivity contribution in [3.63, 3.8) is 0 Å². The minimum Gasteiger partial charge on any atom is -0.465 e. The van der Waals surface area contributed by atoms with Crippen molar-refractivity contribution in [3.05, 3.63) is 29.8 Å². The smallest absolute Gasteiger partial charge is 0.409 e. The summed E-state index contributed by atoms with van der Waals surface area (Å²) in [6.07, 6.45) is 1.06. The molecule has 142 valence electrons. The van der Waals surface area contributed by atoms with E-state index in [0.29, 0.717) is 43.8 Å². The average molecular weight is 363 g/mol. The largest absolute Gasteiger partial charge is 0.465 e. The monoisotopic (exact) mass is 363 g/mol. The van der Waals surface area contributed by atoms with Crippen LogP contribution in [0.5, 0.6) is 0 Å². The highest BCUT2D eigenvalue weighted by Gasteiger charge is 2.24. The number of likely N-dealkylation sites (tertiary alicyclic amines) is 1. The summed E-state index contributed by atoms with van der Waals surface area (Å²) >= 11 is 0. The van der Waals surface area contributed by atoms with Crippen LogP contribution in [-0.4, -0.2) is 62.3 Å². The van der Waals surface area contributed by atoms with Gasteiger partial charge in [-0.05, 0) is 31.9 Å². The van der Waals surface area contributed by atoms with Crippen LogP contribution in [-0.2, 0) is 14.3 Å². The van der Waals surface area contributed by atoms with Crippen LogP contribution in [0.15, 0.2) is 24.3 Å². The Hall–Kier alpha value is -2.77. The number of carbonyl (C=O) groups excluding carboxylic acids is 3. The molecule has 0 bridgehead atoms. The molecule has 0 unspecified atom stereocenters. The van der Waals surface area contributed by atoms with E-state index in [1.165, 1.54) is 7.11 Å². The van der Waals surface area contributed by atoms with Crippen LogP contribution in [0.2, 0.25) is 0 Å². The van der Waals surface area contributed by atoms with Crippen molar-refractivity contribution >= 4 is 23.7 Å². The van der Waals surface area contributed by atoms with Crippen molar-refractivity contribution in [2.24, 2.45) is 0 Å². The maximum Gasteiger partial charge on any atom is 0.409 e. The molecule has 1 aliphatic heterocycles. The predicted octanol–water partition coefficient (Wildman–Crippen LogP) is 1.62. The van der Waals surface area contributed by atoms with E-state index in [9.17, 15) is 14.4 Å². The molecule has 2 N–H and O–H groups in total. The van der Waals surface area contributed by atoms with Gasteiger partial charge >= 0.3 is 12.1 Å². The number of para-hydroxylation sites is 1. The third-order valence-electron chi connectivity index (χ3n) is 4.16. The molecule has 1 heterocycles. The number of amides is 2. The Bertz CT molecular complexity index is 641. The number of ether oxygens (including phenoxy) is 2. The fourth-order valence-corrected chi connectivity index (χ4v) is 2.80. The lowest BCUT2D eigenvalue weighted by Gasteiger charge is -2.31. The molecule has 2 amide bonds. The lowest BCUT2D eigenvalue weighted by molar-refractivity contribution is -0.120. The molecule has 1 aromatic rings. The van der Waals surface area contributed by atoms with Gasteiger partial charge in [0.2, 0.25) is 5.91 Å². The molecule has 1 aromatic carbocycles. The van der Waals surface area contributed by atoms with Crippen LogP contribution in [0.3, 0.4) is 0 Å². The van der Waals surface area contributed by atoms with E-state index < -0.39 is 5.97 Å². The topological polar surface area (TPSA) is 97.0 Å². The molecule has 0 aromatic heterocycles.